The fourth-order valence-corrected chi connectivity index (χ4v) is 2.69. The average Bonchev–Trinajstić information content (AvgIpc) is 2.80. The Hall–Kier alpha value is -2.35. The van der Waals surface area contributed by atoms with E-state index in [9.17, 15) is 18.0 Å². The number of halogens is 3. The van der Waals surface area contributed by atoms with Gasteiger partial charge >= 0.3 is 6.18 Å². The number of nitrogens with two attached hydrogens (primary N) is 1. The quantitative estimate of drug-likeness (QED) is 0.861. The van der Waals surface area contributed by atoms with Gasteiger partial charge in [-0.2, -0.15) is 18.3 Å². The second-order valence-electron chi connectivity index (χ2n) is 5.84. The first kappa shape index (κ1) is 19.0. The highest BCUT2D eigenvalue weighted by Gasteiger charge is 2.31. The molecule has 0 unspecified atom stereocenters. The van der Waals surface area contributed by atoms with E-state index in [0.29, 0.717) is 29.1 Å². The number of hydrogen-bond donors (Lipinski definition) is 2. The Morgan fingerprint density at radius 2 is 1.96 bits per heavy atom. The smallest absolute Gasteiger partial charge is 0.326 e. The van der Waals surface area contributed by atoms with Crippen molar-refractivity contribution in [3.8, 4) is 0 Å². The van der Waals surface area contributed by atoms with E-state index >= 15 is 0 Å². The lowest BCUT2D eigenvalue weighted by atomic mass is 10.1. The number of nitrogens with zero attached hydrogens (tertiary/aromatic N) is 2. The Balaban J connectivity index is 2.35. The van der Waals surface area contributed by atoms with E-state index in [1.165, 1.54) is 6.07 Å². The number of carbonyl (C=O) groups excluding carboxylic acids is 1. The number of amides is 1. The van der Waals surface area contributed by atoms with E-state index in [0.717, 1.165) is 18.6 Å². The SMILES string of the molecule is CCCn1nc(C)c(C(=O)Nc2cc(CN)cc(C(F)(F)F)c2)c1C. The zero-order chi connectivity index (χ0) is 18.8. The minimum absolute atomic E-state index is 0.0563. The molecule has 0 aliphatic carbocycles. The number of hydrogen-bond acceptors (Lipinski definition) is 3. The van der Waals surface area contributed by atoms with Crippen LogP contribution in [0.2, 0.25) is 0 Å². The van der Waals surface area contributed by atoms with Crippen LogP contribution in [-0.4, -0.2) is 15.7 Å². The summed E-state index contributed by atoms with van der Waals surface area (Å²) in [5, 5.41) is 6.84. The summed E-state index contributed by atoms with van der Waals surface area (Å²) in [6.07, 6.45) is -3.65. The topological polar surface area (TPSA) is 72.9 Å². The lowest BCUT2D eigenvalue weighted by Crippen LogP contribution is -2.16. The Kier molecular flexibility index (Phi) is 5.52. The van der Waals surface area contributed by atoms with Gasteiger partial charge in [-0.1, -0.05) is 6.92 Å². The van der Waals surface area contributed by atoms with Gasteiger partial charge in [0.05, 0.1) is 16.8 Å². The fraction of sp³-hybridized carbons (Fsp3) is 0.412. The van der Waals surface area contributed by atoms with Crippen molar-refractivity contribution in [1.82, 2.24) is 9.78 Å². The van der Waals surface area contributed by atoms with E-state index in [2.05, 4.69) is 10.4 Å². The predicted molar refractivity (Wildman–Crippen MR) is 89.3 cm³/mol. The summed E-state index contributed by atoms with van der Waals surface area (Å²) in [6.45, 7) is 6.07. The number of alkyl halides is 3. The van der Waals surface area contributed by atoms with E-state index in [1.54, 1.807) is 18.5 Å². The molecule has 0 bridgehead atoms. The third-order valence-corrected chi connectivity index (χ3v) is 3.86. The van der Waals surface area contributed by atoms with E-state index in [1.807, 2.05) is 6.92 Å². The molecule has 5 nitrogen and oxygen atoms in total. The van der Waals surface area contributed by atoms with Crippen molar-refractivity contribution in [2.45, 2.75) is 46.5 Å². The van der Waals surface area contributed by atoms with Gasteiger partial charge in [0, 0.05) is 24.5 Å². The Labute approximate surface area is 144 Å². The first-order valence-corrected chi connectivity index (χ1v) is 7.94. The number of benzene rings is 1. The predicted octanol–water partition coefficient (Wildman–Crippen LogP) is 3.64. The molecule has 1 aromatic heterocycles. The molecule has 1 aromatic carbocycles. The number of rotatable bonds is 5. The van der Waals surface area contributed by atoms with Crippen LogP contribution in [0.15, 0.2) is 18.2 Å². The van der Waals surface area contributed by atoms with Crippen LogP contribution in [0.5, 0.6) is 0 Å². The second kappa shape index (κ2) is 7.26. The maximum Gasteiger partial charge on any atom is 0.416 e. The molecular weight excluding hydrogens is 333 g/mol. The maximum atomic E-state index is 13.0. The minimum Gasteiger partial charge on any atom is -0.326 e. The Morgan fingerprint density at radius 3 is 2.52 bits per heavy atom. The monoisotopic (exact) mass is 354 g/mol. The molecule has 8 heteroatoms. The van der Waals surface area contributed by atoms with Crippen molar-refractivity contribution < 1.29 is 18.0 Å². The van der Waals surface area contributed by atoms with Gasteiger partial charge in [-0.15, -0.1) is 0 Å². The average molecular weight is 354 g/mol. The molecule has 0 fully saturated rings. The standard InChI is InChI=1S/C17H21F3N4O/c1-4-5-24-11(3)15(10(2)23-24)16(25)22-14-7-12(9-21)6-13(8-14)17(18,19)20/h6-8H,4-5,9,21H2,1-3H3,(H,22,25). The number of aryl methyl sites for hydroxylation is 2. The Bertz CT molecular complexity index is 781. The summed E-state index contributed by atoms with van der Waals surface area (Å²) in [5.74, 6) is -0.486. The molecule has 136 valence electrons. The van der Waals surface area contributed by atoms with Gasteiger partial charge in [0.25, 0.3) is 5.91 Å². The molecule has 1 heterocycles. The summed E-state index contributed by atoms with van der Waals surface area (Å²) >= 11 is 0. The Morgan fingerprint density at radius 1 is 1.28 bits per heavy atom. The van der Waals surface area contributed by atoms with E-state index in [4.69, 9.17) is 5.73 Å². The largest absolute Gasteiger partial charge is 0.416 e. The van der Waals surface area contributed by atoms with Crippen molar-refractivity contribution in [2.75, 3.05) is 5.32 Å². The van der Waals surface area contributed by atoms with Gasteiger partial charge in [-0.05, 0) is 44.0 Å². The van der Waals surface area contributed by atoms with Gasteiger partial charge < -0.3 is 11.1 Å². The van der Waals surface area contributed by atoms with Gasteiger partial charge in [0.2, 0.25) is 0 Å². The second-order valence-corrected chi connectivity index (χ2v) is 5.84. The molecule has 0 radical (unpaired) electrons. The van der Waals surface area contributed by atoms with Crippen molar-refractivity contribution in [1.29, 1.82) is 0 Å². The third kappa shape index (κ3) is 4.19. The third-order valence-electron chi connectivity index (χ3n) is 3.86. The van der Waals surface area contributed by atoms with E-state index < -0.39 is 17.6 Å². The first-order chi connectivity index (χ1) is 11.7. The molecule has 0 atom stereocenters. The number of carbonyl (C=O) groups is 1. The van der Waals surface area contributed by atoms with Crippen LogP contribution in [-0.2, 0) is 19.3 Å². The summed E-state index contributed by atoms with van der Waals surface area (Å²) < 4.78 is 40.7. The molecule has 0 aliphatic heterocycles. The van der Waals surface area contributed by atoms with Gasteiger partial charge in [0.15, 0.2) is 0 Å². The highest BCUT2D eigenvalue weighted by atomic mass is 19.4. The van der Waals surface area contributed by atoms with Crippen molar-refractivity contribution in [3.05, 3.63) is 46.3 Å². The molecule has 0 saturated heterocycles. The molecule has 0 saturated carbocycles. The zero-order valence-electron chi connectivity index (χ0n) is 14.4. The number of anilines is 1. The van der Waals surface area contributed by atoms with Crippen LogP contribution in [0.3, 0.4) is 0 Å². The van der Waals surface area contributed by atoms with Crippen molar-refractivity contribution in [2.24, 2.45) is 5.73 Å². The molecule has 0 spiro atoms. The highest BCUT2D eigenvalue weighted by molar-refractivity contribution is 6.05. The number of aromatic nitrogens is 2. The minimum atomic E-state index is -4.51. The molecule has 1 amide bonds. The summed E-state index contributed by atoms with van der Waals surface area (Å²) in [4.78, 5) is 12.6. The van der Waals surface area contributed by atoms with Gasteiger partial charge in [0.1, 0.15) is 0 Å². The van der Waals surface area contributed by atoms with Gasteiger partial charge in [-0.25, -0.2) is 0 Å². The lowest BCUT2D eigenvalue weighted by molar-refractivity contribution is -0.137. The normalized spacial score (nSPS) is 11.6. The number of nitrogens with one attached hydrogen (secondary N) is 1. The van der Waals surface area contributed by atoms with Crippen LogP contribution in [0.1, 0.15) is 46.2 Å². The summed E-state index contributed by atoms with van der Waals surface area (Å²) in [5.41, 5.74) is 6.56. The summed E-state index contributed by atoms with van der Waals surface area (Å²) in [6, 6.07) is 3.32. The van der Waals surface area contributed by atoms with Crippen molar-refractivity contribution in [3.63, 3.8) is 0 Å². The van der Waals surface area contributed by atoms with Crippen LogP contribution < -0.4 is 11.1 Å². The molecule has 2 rings (SSSR count). The van der Waals surface area contributed by atoms with Crippen molar-refractivity contribution >= 4 is 11.6 Å². The van der Waals surface area contributed by atoms with E-state index in [-0.39, 0.29) is 12.2 Å². The summed E-state index contributed by atoms with van der Waals surface area (Å²) in [7, 11) is 0. The highest BCUT2D eigenvalue weighted by Crippen LogP contribution is 2.32. The van der Waals surface area contributed by atoms with Crippen LogP contribution in [0.4, 0.5) is 18.9 Å². The maximum absolute atomic E-state index is 13.0. The van der Waals surface area contributed by atoms with Gasteiger partial charge in [-0.3, -0.25) is 9.48 Å². The molecule has 2 aromatic rings. The van der Waals surface area contributed by atoms with Crippen LogP contribution in [0, 0.1) is 13.8 Å². The zero-order valence-corrected chi connectivity index (χ0v) is 14.4. The first-order valence-electron chi connectivity index (χ1n) is 7.94. The molecule has 25 heavy (non-hydrogen) atoms. The van der Waals surface area contributed by atoms with Crippen LogP contribution >= 0.6 is 0 Å². The molecular formula is C17H21F3N4O. The fourth-order valence-electron chi connectivity index (χ4n) is 2.69. The molecule has 3 N–H and O–H groups in total. The van der Waals surface area contributed by atoms with Crippen LogP contribution in [0.25, 0.3) is 0 Å². The lowest BCUT2D eigenvalue weighted by Gasteiger charge is -2.12. The molecule has 0 aliphatic rings.